The molecule has 4 N–H and O–H groups in total. The van der Waals surface area contributed by atoms with Crippen LogP contribution in [0.3, 0.4) is 0 Å². The molecule has 0 spiro atoms. The van der Waals surface area contributed by atoms with Crippen LogP contribution >= 0.6 is 0 Å². The molecule has 27 heavy (non-hydrogen) atoms. The summed E-state index contributed by atoms with van der Waals surface area (Å²) in [5.41, 5.74) is 11.9. The molecule has 0 aliphatic carbocycles. The van der Waals surface area contributed by atoms with E-state index in [0.717, 1.165) is 32.1 Å². The average Bonchev–Trinajstić information content (AvgIpc) is 2.63. The number of hydrogen-bond acceptors (Lipinski definition) is 3. The highest BCUT2D eigenvalue weighted by molar-refractivity contribution is 4.76. The van der Waals surface area contributed by atoms with Crippen LogP contribution in [0.15, 0.2) is 0 Å². The zero-order chi connectivity index (χ0) is 20.2. The summed E-state index contributed by atoms with van der Waals surface area (Å²) < 4.78 is 6.49. The van der Waals surface area contributed by atoms with E-state index in [2.05, 4.69) is 20.8 Å². The summed E-state index contributed by atoms with van der Waals surface area (Å²) in [7, 11) is 0. The van der Waals surface area contributed by atoms with Gasteiger partial charge < -0.3 is 16.2 Å². The van der Waals surface area contributed by atoms with Gasteiger partial charge in [0.15, 0.2) is 0 Å². The Labute approximate surface area is 171 Å². The van der Waals surface area contributed by atoms with Crippen LogP contribution < -0.4 is 11.5 Å². The van der Waals surface area contributed by atoms with Crippen molar-refractivity contribution < 1.29 is 4.74 Å². The van der Waals surface area contributed by atoms with E-state index in [-0.39, 0.29) is 0 Å². The molecule has 0 aliphatic heterocycles. The van der Waals surface area contributed by atoms with E-state index in [4.69, 9.17) is 16.2 Å². The van der Waals surface area contributed by atoms with Crippen LogP contribution in [0.4, 0.5) is 0 Å². The zero-order valence-electron chi connectivity index (χ0n) is 19.1. The molecule has 0 bridgehead atoms. The third kappa shape index (κ3) is 16.5. The summed E-state index contributed by atoms with van der Waals surface area (Å²) in [6.07, 6.45) is 22.9. The van der Waals surface area contributed by atoms with Gasteiger partial charge in [-0.05, 0) is 25.8 Å². The van der Waals surface area contributed by atoms with Gasteiger partial charge in [0, 0.05) is 6.42 Å². The molecule has 0 aliphatic rings. The fourth-order valence-electron chi connectivity index (χ4n) is 3.99. The van der Waals surface area contributed by atoms with Crippen LogP contribution in [0.5, 0.6) is 0 Å². The van der Waals surface area contributed by atoms with E-state index in [9.17, 15) is 0 Å². The Kier molecular flexibility index (Phi) is 19.1. The predicted molar refractivity (Wildman–Crippen MR) is 121 cm³/mol. The lowest BCUT2D eigenvalue weighted by molar-refractivity contribution is -0.106. The van der Waals surface area contributed by atoms with E-state index in [1.807, 2.05) is 0 Å². The van der Waals surface area contributed by atoms with Crippen LogP contribution in [0, 0.1) is 0 Å². The molecule has 0 saturated carbocycles. The van der Waals surface area contributed by atoms with E-state index in [0.29, 0.717) is 12.6 Å². The first-order chi connectivity index (χ1) is 13.1. The molecule has 2 unspecified atom stereocenters. The first kappa shape index (κ1) is 26.9. The van der Waals surface area contributed by atoms with Crippen molar-refractivity contribution >= 4 is 0 Å². The molecule has 3 heteroatoms. The summed E-state index contributed by atoms with van der Waals surface area (Å²) in [5, 5.41) is 0. The lowest BCUT2D eigenvalue weighted by Crippen LogP contribution is -2.47. The van der Waals surface area contributed by atoms with E-state index in [1.165, 1.54) is 83.5 Å². The Morgan fingerprint density at radius 2 is 1.07 bits per heavy atom. The second kappa shape index (κ2) is 19.2. The van der Waals surface area contributed by atoms with Gasteiger partial charge in [0.25, 0.3) is 0 Å². The van der Waals surface area contributed by atoms with E-state index in [1.54, 1.807) is 0 Å². The maximum absolute atomic E-state index is 6.57. The summed E-state index contributed by atoms with van der Waals surface area (Å²) in [6, 6.07) is 0. The quantitative estimate of drug-likeness (QED) is 0.164. The van der Waals surface area contributed by atoms with Gasteiger partial charge in [0.2, 0.25) is 0 Å². The monoisotopic (exact) mass is 384 g/mol. The maximum Gasteiger partial charge on any atom is 0.118 e. The lowest BCUT2D eigenvalue weighted by Gasteiger charge is -2.34. The summed E-state index contributed by atoms with van der Waals surface area (Å²) in [6.45, 7) is 7.34. The van der Waals surface area contributed by atoms with Gasteiger partial charge in [-0.3, -0.25) is 0 Å². The number of unbranched alkanes of at least 4 members (excludes halogenated alkanes) is 11. The van der Waals surface area contributed by atoms with Crippen LogP contribution in [0.25, 0.3) is 0 Å². The van der Waals surface area contributed by atoms with Crippen molar-refractivity contribution in [2.45, 2.75) is 148 Å². The molecule has 0 aromatic carbocycles. The summed E-state index contributed by atoms with van der Waals surface area (Å²) in [5.74, 6) is 0. The van der Waals surface area contributed by atoms with E-state index >= 15 is 0 Å². The Morgan fingerprint density at radius 1 is 0.630 bits per heavy atom. The molecule has 0 heterocycles. The van der Waals surface area contributed by atoms with Gasteiger partial charge in [-0.15, -0.1) is 0 Å². The Hall–Kier alpha value is -0.120. The SMILES string of the molecule is CCCCCCCCCC(CCCCCCCC)OC(N)(CCC)CCN. The second-order valence-corrected chi connectivity index (χ2v) is 8.56. The Morgan fingerprint density at radius 3 is 1.48 bits per heavy atom. The smallest absolute Gasteiger partial charge is 0.118 e. The molecule has 0 aromatic heterocycles. The highest BCUT2D eigenvalue weighted by Gasteiger charge is 2.27. The standard InChI is InChI=1S/C24H52N2O/c1-4-7-9-11-13-15-17-19-23(18-16-14-12-10-8-5-2)27-24(26,20-6-3)21-22-25/h23H,4-22,25-26H2,1-3H3. The van der Waals surface area contributed by atoms with Gasteiger partial charge in [0.1, 0.15) is 5.72 Å². The molecule has 0 amide bonds. The average molecular weight is 385 g/mol. The third-order valence-corrected chi connectivity index (χ3v) is 5.65. The molecule has 164 valence electrons. The van der Waals surface area contributed by atoms with Crippen LogP contribution in [0.2, 0.25) is 0 Å². The van der Waals surface area contributed by atoms with Gasteiger partial charge in [-0.1, -0.05) is 111 Å². The number of ether oxygens (including phenoxy) is 1. The van der Waals surface area contributed by atoms with Gasteiger partial charge in [-0.25, -0.2) is 0 Å². The second-order valence-electron chi connectivity index (χ2n) is 8.56. The van der Waals surface area contributed by atoms with Gasteiger partial charge in [0.05, 0.1) is 6.10 Å². The van der Waals surface area contributed by atoms with Crippen molar-refractivity contribution in [2.24, 2.45) is 11.5 Å². The summed E-state index contributed by atoms with van der Waals surface area (Å²) in [4.78, 5) is 0. The predicted octanol–water partition coefficient (Wildman–Crippen LogP) is 7.07. The Balaban J connectivity index is 4.29. The highest BCUT2D eigenvalue weighted by atomic mass is 16.5. The molecule has 0 rings (SSSR count). The molecule has 2 atom stereocenters. The third-order valence-electron chi connectivity index (χ3n) is 5.65. The number of rotatable bonds is 21. The largest absolute Gasteiger partial charge is 0.358 e. The van der Waals surface area contributed by atoms with Crippen molar-refractivity contribution in [3.8, 4) is 0 Å². The van der Waals surface area contributed by atoms with E-state index < -0.39 is 5.72 Å². The maximum atomic E-state index is 6.57. The van der Waals surface area contributed by atoms with Gasteiger partial charge >= 0.3 is 0 Å². The molecule has 3 nitrogen and oxygen atoms in total. The molecule has 0 fully saturated rings. The zero-order valence-corrected chi connectivity index (χ0v) is 19.1. The topological polar surface area (TPSA) is 61.3 Å². The van der Waals surface area contributed by atoms with Crippen LogP contribution in [-0.4, -0.2) is 18.4 Å². The fraction of sp³-hybridized carbons (Fsp3) is 1.00. The Bertz CT molecular complexity index is 290. The first-order valence-electron chi connectivity index (χ1n) is 12.3. The van der Waals surface area contributed by atoms with Crippen molar-refractivity contribution in [1.29, 1.82) is 0 Å². The van der Waals surface area contributed by atoms with Crippen molar-refractivity contribution in [3.63, 3.8) is 0 Å². The van der Waals surface area contributed by atoms with Crippen LogP contribution in [0.1, 0.15) is 136 Å². The normalized spacial score (nSPS) is 15.0. The summed E-state index contributed by atoms with van der Waals surface area (Å²) >= 11 is 0. The fourth-order valence-corrected chi connectivity index (χ4v) is 3.99. The number of hydrogen-bond donors (Lipinski definition) is 2. The lowest BCUT2D eigenvalue weighted by atomic mass is 9.99. The van der Waals surface area contributed by atoms with Crippen molar-refractivity contribution in [3.05, 3.63) is 0 Å². The van der Waals surface area contributed by atoms with Crippen molar-refractivity contribution in [2.75, 3.05) is 6.54 Å². The molecular formula is C24H52N2O. The minimum absolute atomic E-state index is 0.315. The molecule has 0 radical (unpaired) electrons. The minimum atomic E-state index is -0.516. The van der Waals surface area contributed by atoms with Gasteiger partial charge in [-0.2, -0.15) is 0 Å². The molecule has 0 saturated heterocycles. The minimum Gasteiger partial charge on any atom is -0.358 e. The van der Waals surface area contributed by atoms with Crippen LogP contribution in [-0.2, 0) is 4.74 Å². The first-order valence-corrected chi connectivity index (χ1v) is 12.3. The van der Waals surface area contributed by atoms with Crippen molar-refractivity contribution in [1.82, 2.24) is 0 Å². The molecular weight excluding hydrogens is 332 g/mol. The highest BCUT2D eigenvalue weighted by Crippen LogP contribution is 2.24. The molecule has 0 aromatic rings. The number of nitrogens with two attached hydrogens (primary N) is 2.